The summed E-state index contributed by atoms with van der Waals surface area (Å²) in [7, 11) is 0. The summed E-state index contributed by atoms with van der Waals surface area (Å²) in [6.45, 7) is 0. The third kappa shape index (κ3) is 4.70. The van der Waals surface area contributed by atoms with Gasteiger partial charge in [-0.1, -0.05) is 133 Å². The molecule has 7 heteroatoms. The Kier molecular flexibility index (Phi) is 6.76. The van der Waals surface area contributed by atoms with E-state index < -0.39 is 6.17 Å². The SMILES string of the molecule is c1ccc2cc3c(cc2c1)c1ccccc1n3-c1cc(C2=NC(n3c4ccccc4c4ccccc43)=NC(c3cccc4c3oc3ccccc34)N2)cc2oc3ccccc3c12. The molecule has 0 spiro atoms. The Balaban J connectivity index is 1.07. The molecule has 5 heterocycles. The van der Waals surface area contributed by atoms with Crippen molar-refractivity contribution < 1.29 is 8.83 Å². The number of furan rings is 2. The zero-order valence-corrected chi connectivity index (χ0v) is 33.1. The van der Waals surface area contributed by atoms with E-state index in [0.29, 0.717) is 11.8 Å². The van der Waals surface area contributed by atoms with E-state index >= 15 is 0 Å². The zero-order chi connectivity index (χ0) is 40.5. The van der Waals surface area contributed by atoms with Gasteiger partial charge >= 0.3 is 0 Å². The van der Waals surface area contributed by atoms with Crippen LogP contribution < -0.4 is 5.32 Å². The van der Waals surface area contributed by atoms with Crippen molar-refractivity contribution in [3.63, 3.8) is 0 Å². The molecule has 1 unspecified atom stereocenters. The van der Waals surface area contributed by atoms with Gasteiger partial charge in [0.2, 0.25) is 5.96 Å². The molecule has 4 aromatic heterocycles. The molecule has 290 valence electrons. The predicted octanol–water partition coefficient (Wildman–Crippen LogP) is 13.8. The largest absolute Gasteiger partial charge is 0.456 e. The Morgan fingerprint density at radius 2 is 1.02 bits per heavy atom. The van der Waals surface area contributed by atoms with Gasteiger partial charge in [0.05, 0.1) is 33.1 Å². The molecule has 1 N–H and O–H groups in total. The van der Waals surface area contributed by atoms with E-state index in [1.807, 2.05) is 24.3 Å². The highest BCUT2D eigenvalue weighted by molar-refractivity contribution is 6.20. The molecule has 0 radical (unpaired) electrons. The number of rotatable bonds is 3. The summed E-state index contributed by atoms with van der Waals surface area (Å²) in [5.74, 6) is 1.24. The van der Waals surface area contributed by atoms with Crippen LogP contribution in [0.3, 0.4) is 0 Å². The van der Waals surface area contributed by atoms with E-state index in [2.05, 4.69) is 178 Å². The zero-order valence-electron chi connectivity index (χ0n) is 33.1. The number of hydrogen-bond donors (Lipinski definition) is 1. The number of aliphatic imine (C=N–C) groups is 2. The normalized spacial score (nSPS) is 14.6. The average Bonchev–Trinajstić information content (AvgIpc) is 4.08. The first-order valence-electron chi connectivity index (χ1n) is 20.9. The van der Waals surface area contributed by atoms with Crippen LogP contribution in [0.1, 0.15) is 17.3 Å². The van der Waals surface area contributed by atoms with Gasteiger partial charge < -0.3 is 18.7 Å². The number of para-hydroxylation sites is 6. The molecular weight excluding hydrogens is 763 g/mol. The Morgan fingerprint density at radius 1 is 0.435 bits per heavy atom. The molecule has 1 aliphatic rings. The number of fused-ring (bicyclic) bond motifs is 13. The molecule has 0 amide bonds. The highest BCUT2D eigenvalue weighted by Crippen LogP contribution is 2.42. The second kappa shape index (κ2) is 12.5. The van der Waals surface area contributed by atoms with Crippen LogP contribution in [0.2, 0.25) is 0 Å². The summed E-state index contributed by atoms with van der Waals surface area (Å²) in [5.41, 5.74) is 10.3. The minimum absolute atomic E-state index is 0.545. The highest BCUT2D eigenvalue weighted by atomic mass is 16.3. The van der Waals surface area contributed by atoms with Crippen molar-refractivity contribution in [2.45, 2.75) is 6.17 Å². The molecule has 62 heavy (non-hydrogen) atoms. The summed E-state index contributed by atoms with van der Waals surface area (Å²) in [5, 5.41) is 15.1. The first kappa shape index (κ1) is 33.4. The van der Waals surface area contributed by atoms with E-state index in [9.17, 15) is 0 Å². The van der Waals surface area contributed by atoms with E-state index in [-0.39, 0.29) is 0 Å². The van der Waals surface area contributed by atoms with Gasteiger partial charge in [-0.05, 0) is 65.4 Å². The fourth-order valence-electron chi connectivity index (χ4n) is 10.0. The van der Waals surface area contributed by atoms with Crippen molar-refractivity contribution >= 4 is 110 Å². The quantitative estimate of drug-likeness (QED) is 0.194. The van der Waals surface area contributed by atoms with Gasteiger partial charge in [0.1, 0.15) is 28.2 Å². The van der Waals surface area contributed by atoms with Crippen LogP contribution in [-0.4, -0.2) is 20.9 Å². The fourth-order valence-corrected chi connectivity index (χ4v) is 10.0. The van der Waals surface area contributed by atoms with E-state index in [1.54, 1.807) is 0 Å². The lowest BCUT2D eigenvalue weighted by Gasteiger charge is -2.25. The summed E-state index contributed by atoms with van der Waals surface area (Å²) < 4.78 is 18.0. The molecule has 0 aliphatic carbocycles. The maximum Gasteiger partial charge on any atom is 0.234 e. The topological polar surface area (TPSA) is 72.9 Å². The van der Waals surface area contributed by atoms with E-state index in [0.717, 1.165) is 93.5 Å². The number of amidine groups is 1. The fraction of sp³-hybridized carbons (Fsp3) is 0.0182. The maximum atomic E-state index is 6.79. The first-order chi connectivity index (χ1) is 30.7. The standard InChI is InChI=1S/C55H33N5O2/c1-2-15-33-29-46-42(28-32(33)14-1)37-18-5-8-23-43(37)59(46)47-30-34(31-50-51(47)40-20-7-12-27-49(40)61-50)53-56-54(41-22-13-21-39-38-19-6-11-26-48(38)62-52(39)41)58-55(57-53)60-44-24-9-3-16-35(44)36-17-4-10-25-45(36)60/h1-31,54H,(H,56,57,58). The molecule has 0 saturated heterocycles. The lowest BCUT2D eigenvalue weighted by Crippen LogP contribution is -2.35. The van der Waals surface area contributed by atoms with Crippen LogP contribution in [-0.2, 0) is 0 Å². The van der Waals surface area contributed by atoms with Crippen LogP contribution in [0.5, 0.6) is 0 Å². The van der Waals surface area contributed by atoms with Gasteiger partial charge in [0.15, 0.2) is 6.17 Å². The van der Waals surface area contributed by atoms with Gasteiger partial charge in [-0.25, -0.2) is 4.99 Å². The molecule has 14 rings (SSSR count). The Bertz CT molecular complexity index is 4050. The monoisotopic (exact) mass is 795 g/mol. The van der Waals surface area contributed by atoms with Crippen LogP contribution in [0.15, 0.2) is 207 Å². The first-order valence-corrected chi connectivity index (χ1v) is 20.9. The Labute approximate surface area is 353 Å². The maximum absolute atomic E-state index is 6.79. The van der Waals surface area contributed by atoms with Crippen molar-refractivity contribution in [2.75, 3.05) is 0 Å². The van der Waals surface area contributed by atoms with Gasteiger partial charge in [0, 0.05) is 48.8 Å². The second-order valence-corrected chi connectivity index (χ2v) is 16.2. The van der Waals surface area contributed by atoms with Crippen molar-refractivity contribution in [2.24, 2.45) is 9.98 Å². The third-order valence-electron chi connectivity index (χ3n) is 12.8. The van der Waals surface area contributed by atoms with Crippen LogP contribution in [0.4, 0.5) is 0 Å². The van der Waals surface area contributed by atoms with Gasteiger partial charge in [-0.15, -0.1) is 0 Å². The molecule has 1 aliphatic heterocycles. The smallest absolute Gasteiger partial charge is 0.234 e. The molecule has 9 aromatic carbocycles. The number of benzene rings is 9. The summed E-state index contributed by atoms with van der Waals surface area (Å²) >= 11 is 0. The van der Waals surface area contributed by atoms with Crippen molar-refractivity contribution in [3.05, 3.63) is 199 Å². The minimum Gasteiger partial charge on any atom is -0.456 e. The number of nitrogens with zero attached hydrogens (tertiary/aromatic N) is 4. The van der Waals surface area contributed by atoms with E-state index in [1.165, 1.54) is 21.5 Å². The van der Waals surface area contributed by atoms with Crippen molar-refractivity contribution in [1.82, 2.24) is 14.5 Å². The average molecular weight is 796 g/mol. The van der Waals surface area contributed by atoms with Crippen LogP contribution in [0, 0.1) is 0 Å². The molecular formula is C55H33N5O2. The third-order valence-corrected chi connectivity index (χ3v) is 12.8. The summed E-state index contributed by atoms with van der Waals surface area (Å²) in [6.07, 6.45) is -0.545. The molecule has 1 atom stereocenters. The Hall–Kier alpha value is -8.42. The predicted molar refractivity (Wildman–Crippen MR) is 254 cm³/mol. The van der Waals surface area contributed by atoms with Crippen LogP contribution in [0.25, 0.3) is 104 Å². The minimum atomic E-state index is -0.545. The number of nitrogens with one attached hydrogen (secondary N) is 1. The number of hydrogen-bond acceptors (Lipinski definition) is 5. The van der Waals surface area contributed by atoms with Crippen LogP contribution >= 0.6 is 0 Å². The highest BCUT2D eigenvalue weighted by Gasteiger charge is 2.28. The number of aromatic nitrogens is 2. The molecule has 0 fully saturated rings. The van der Waals surface area contributed by atoms with Crippen molar-refractivity contribution in [3.8, 4) is 5.69 Å². The molecule has 13 aromatic rings. The van der Waals surface area contributed by atoms with Gasteiger partial charge in [-0.3, -0.25) is 4.57 Å². The lowest BCUT2D eigenvalue weighted by molar-refractivity contribution is 0.626. The summed E-state index contributed by atoms with van der Waals surface area (Å²) in [4.78, 5) is 10.9. The van der Waals surface area contributed by atoms with Gasteiger partial charge in [0.25, 0.3) is 0 Å². The summed E-state index contributed by atoms with van der Waals surface area (Å²) in [6, 6.07) is 66.1. The molecule has 0 saturated carbocycles. The molecule has 0 bridgehead atoms. The van der Waals surface area contributed by atoms with Gasteiger partial charge in [-0.2, -0.15) is 4.99 Å². The van der Waals surface area contributed by atoms with Crippen molar-refractivity contribution in [1.29, 1.82) is 0 Å². The molecule has 7 nitrogen and oxygen atoms in total. The lowest BCUT2D eigenvalue weighted by atomic mass is 10.0. The Morgan fingerprint density at radius 3 is 1.76 bits per heavy atom. The second-order valence-electron chi connectivity index (χ2n) is 16.2. The van der Waals surface area contributed by atoms with E-state index in [4.69, 9.17) is 18.8 Å².